The molecule has 0 spiro atoms. The standard InChI is InChI=1S/C13H12Cl2N4S/c1-3-18-12-10(7(2)17-18)16-13(20)19(12)11-8(14)5-4-6-9(11)15/h4-6H,3H2,1-2H3,(H,16,20). The monoisotopic (exact) mass is 326 g/mol. The molecule has 2 heterocycles. The van der Waals surface area contributed by atoms with Crippen molar-refractivity contribution in [3.63, 3.8) is 0 Å². The molecule has 0 saturated carbocycles. The van der Waals surface area contributed by atoms with E-state index in [1.54, 1.807) is 12.1 Å². The summed E-state index contributed by atoms with van der Waals surface area (Å²) in [6.45, 7) is 4.71. The average molecular weight is 327 g/mol. The number of aryl methyl sites for hydroxylation is 2. The second-order valence-corrected chi connectivity index (χ2v) is 5.64. The van der Waals surface area contributed by atoms with Crippen molar-refractivity contribution in [3.8, 4) is 5.69 Å². The van der Waals surface area contributed by atoms with Crippen LogP contribution in [-0.2, 0) is 6.54 Å². The summed E-state index contributed by atoms with van der Waals surface area (Å²) in [6, 6.07) is 5.40. The van der Waals surface area contributed by atoms with Gasteiger partial charge in [-0.2, -0.15) is 5.10 Å². The number of rotatable bonds is 2. The smallest absolute Gasteiger partial charge is 0.184 e. The van der Waals surface area contributed by atoms with Crippen molar-refractivity contribution >= 4 is 46.6 Å². The van der Waals surface area contributed by atoms with Crippen molar-refractivity contribution in [2.45, 2.75) is 20.4 Å². The number of imidazole rings is 1. The van der Waals surface area contributed by atoms with E-state index in [0.717, 1.165) is 23.4 Å². The second-order valence-electron chi connectivity index (χ2n) is 4.44. The van der Waals surface area contributed by atoms with Gasteiger partial charge in [0, 0.05) is 6.54 Å². The maximum absolute atomic E-state index is 6.30. The fourth-order valence-corrected chi connectivity index (χ4v) is 3.18. The number of halogens is 2. The molecule has 0 unspecified atom stereocenters. The fraction of sp³-hybridized carbons (Fsp3) is 0.231. The van der Waals surface area contributed by atoms with E-state index in [1.165, 1.54) is 0 Å². The predicted octanol–water partition coefficient (Wildman–Crippen LogP) is 4.52. The Balaban J connectivity index is 2.48. The van der Waals surface area contributed by atoms with Gasteiger partial charge in [-0.15, -0.1) is 0 Å². The number of nitrogens with one attached hydrogen (secondary N) is 1. The van der Waals surface area contributed by atoms with Gasteiger partial charge < -0.3 is 4.98 Å². The molecule has 0 aliphatic rings. The summed E-state index contributed by atoms with van der Waals surface area (Å²) < 4.78 is 4.29. The molecular weight excluding hydrogens is 315 g/mol. The molecule has 0 fully saturated rings. The Hall–Kier alpha value is -1.30. The fourth-order valence-electron chi connectivity index (χ4n) is 2.33. The van der Waals surface area contributed by atoms with E-state index < -0.39 is 0 Å². The molecule has 0 aliphatic heterocycles. The van der Waals surface area contributed by atoms with Gasteiger partial charge in [-0.1, -0.05) is 29.3 Å². The molecular formula is C13H12Cl2N4S. The average Bonchev–Trinajstić information content (AvgIpc) is 2.88. The van der Waals surface area contributed by atoms with Gasteiger partial charge in [0.25, 0.3) is 0 Å². The van der Waals surface area contributed by atoms with Crippen LogP contribution >= 0.6 is 35.4 Å². The SMILES string of the molecule is CCn1nc(C)c2[nH]c(=S)n(-c3c(Cl)cccc3Cl)c21. The molecule has 0 radical (unpaired) electrons. The molecule has 3 rings (SSSR count). The van der Waals surface area contributed by atoms with Crippen LogP contribution in [0.25, 0.3) is 16.9 Å². The lowest BCUT2D eigenvalue weighted by Crippen LogP contribution is -2.04. The van der Waals surface area contributed by atoms with Crippen molar-refractivity contribution in [3.05, 3.63) is 38.7 Å². The number of para-hydroxylation sites is 1. The molecule has 1 aromatic carbocycles. The first-order valence-corrected chi connectivity index (χ1v) is 7.33. The minimum absolute atomic E-state index is 0.552. The highest BCUT2D eigenvalue weighted by Gasteiger charge is 2.18. The Labute approximate surface area is 130 Å². The van der Waals surface area contributed by atoms with Crippen LogP contribution in [0, 0.1) is 11.7 Å². The van der Waals surface area contributed by atoms with Crippen molar-refractivity contribution < 1.29 is 0 Å². The minimum Gasteiger partial charge on any atom is -0.327 e. The van der Waals surface area contributed by atoms with Crippen LogP contribution in [0.1, 0.15) is 12.6 Å². The molecule has 0 saturated heterocycles. The van der Waals surface area contributed by atoms with E-state index in [4.69, 9.17) is 35.4 Å². The third kappa shape index (κ3) is 1.89. The zero-order chi connectivity index (χ0) is 14.4. The number of fused-ring (bicyclic) bond motifs is 1. The highest BCUT2D eigenvalue weighted by atomic mass is 35.5. The van der Waals surface area contributed by atoms with Gasteiger partial charge in [0.2, 0.25) is 0 Å². The summed E-state index contributed by atoms with van der Waals surface area (Å²) in [4.78, 5) is 3.18. The summed E-state index contributed by atoms with van der Waals surface area (Å²) >= 11 is 18.0. The molecule has 0 atom stereocenters. The zero-order valence-electron chi connectivity index (χ0n) is 10.9. The van der Waals surface area contributed by atoms with E-state index in [-0.39, 0.29) is 0 Å². The molecule has 0 amide bonds. The minimum atomic E-state index is 0.552. The van der Waals surface area contributed by atoms with E-state index in [1.807, 2.05) is 29.2 Å². The van der Waals surface area contributed by atoms with Crippen LogP contribution in [0.3, 0.4) is 0 Å². The molecule has 20 heavy (non-hydrogen) atoms. The van der Waals surface area contributed by atoms with Crippen LogP contribution in [-0.4, -0.2) is 19.3 Å². The number of nitrogens with zero attached hydrogens (tertiary/aromatic N) is 3. The second kappa shape index (κ2) is 4.91. The zero-order valence-corrected chi connectivity index (χ0v) is 13.3. The first-order valence-electron chi connectivity index (χ1n) is 6.17. The number of aromatic nitrogens is 4. The number of aromatic amines is 1. The Morgan fingerprint density at radius 1 is 1.30 bits per heavy atom. The Bertz CT molecular complexity index is 839. The number of hydrogen-bond donors (Lipinski definition) is 1. The summed E-state index contributed by atoms with van der Waals surface area (Å²) in [5.74, 6) is 0. The molecule has 4 nitrogen and oxygen atoms in total. The van der Waals surface area contributed by atoms with Crippen molar-refractivity contribution in [2.75, 3.05) is 0 Å². The molecule has 3 aromatic rings. The predicted molar refractivity (Wildman–Crippen MR) is 84.7 cm³/mol. The van der Waals surface area contributed by atoms with E-state index in [0.29, 0.717) is 20.5 Å². The maximum atomic E-state index is 6.30. The summed E-state index contributed by atoms with van der Waals surface area (Å²) in [6.07, 6.45) is 0. The maximum Gasteiger partial charge on any atom is 0.184 e. The van der Waals surface area contributed by atoms with Gasteiger partial charge >= 0.3 is 0 Å². The van der Waals surface area contributed by atoms with Crippen LogP contribution in [0.15, 0.2) is 18.2 Å². The van der Waals surface area contributed by atoms with E-state index >= 15 is 0 Å². The topological polar surface area (TPSA) is 38.5 Å². The van der Waals surface area contributed by atoms with Gasteiger partial charge in [0.05, 0.1) is 21.4 Å². The molecule has 0 bridgehead atoms. The highest BCUT2D eigenvalue weighted by molar-refractivity contribution is 7.71. The Morgan fingerprint density at radius 2 is 1.95 bits per heavy atom. The third-order valence-electron chi connectivity index (χ3n) is 3.21. The Kier molecular flexibility index (Phi) is 3.36. The first-order chi connectivity index (χ1) is 9.54. The summed E-state index contributed by atoms with van der Waals surface area (Å²) in [7, 11) is 0. The van der Waals surface area contributed by atoms with E-state index in [2.05, 4.69) is 10.1 Å². The quantitative estimate of drug-likeness (QED) is 0.703. The summed E-state index contributed by atoms with van der Waals surface area (Å²) in [5.41, 5.74) is 3.37. The van der Waals surface area contributed by atoms with Crippen molar-refractivity contribution in [2.24, 2.45) is 0 Å². The summed E-state index contributed by atoms with van der Waals surface area (Å²) in [5, 5.41) is 5.59. The highest BCUT2D eigenvalue weighted by Crippen LogP contribution is 2.32. The van der Waals surface area contributed by atoms with Crippen molar-refractivity contribution in [1.82, 2.24) is 19.3 Å². The number of H-pyrrole nitrogens is 1. The lowest BCUT2D eigenvalue weighted by molar-refractivity contribution is 0.662. The molecule has 7 heteroatoms. The largest absolute Gasteiger partial charge is 0.327 e. The van der Waals surface area contributed by atoms with Crippen LogP contribution in [0.2, 0.25) is 10.0 Å². The molecule has 2 aromatic heterocycles. The lowest BCUT2D eigenvalue weighted by atomic mass is 10.3. The third-order valence-corrected chi connectivity index (χ3v) is 4.10. The normalized spacial score (nSPS) is 11.4. The molecule has 1 N–H and O–H groups in total. The Morgan fingerprint density at radius 3 is 2.55 bits per heavy atom. The van der Waals surface area contributed by atoms with Crippen LogP contribution in [0.5, 0.6) is 0 Å². The van der Waals surface area contributed by atoms with Gasteiger partial charge in [0.1, 0.15) is 5.52 Å². The first kappa shape index (κ1) is 13.7. The van der Waals surface area contributed by atoms with Crippen molar-refractivity contribution in [1.29, 1.82) is 0 Å². The number of hydrogen-bond acceptors (Lipinski definition) is 2. The van der Waals surface area contributed by atoms with Gasteiger partial charge in [-0.3, -0.25) is 4.57 Å². The molecule has 104 valence electrons. The van der Waals surface area contributed by atoms with Crippen LogP contribution < -0.4 is 0 Å². The lowest BCUT2D eigenvalue weighted by Gasteiger charge is -2.10. The van der Waals surface area contributed by atoms with Crippen LogP contribution in [0.4, 0.5) is 0 Å². The van der Waals surface area contributed by atoms with Gasteiger partial charge in [-0.05, 0) is 38.2 Å². The van der Waals surface area contributed by atoms with Gasteiger partial charge in [0.15, 0.2) is 10.4 Å². The van der Waals surface area contributed by atoms with Gasteiger partial charge in [-0.25, -0.2) is 4.68 Å². The number of benzene rings is 1. The van der Waals surface area contributed by atoms with E-state index in [9.17, 15) is 0 Å². The molecule has 0 aliphatic carbocycles.